The number of benzene rings is 1. The Morgan fingerprint density at radius 1 is 1.05 bits per heavy atom. The molecule has 5 nitrogen and oxygen atoms in total. The van der Waals surface area contributed by atoms with Gasteiger partial charge in [0.05, 0.1) is 17.2 Å². The fourth-order valence-corrected chi connectivity index (χ4v) is 2.84. The molecule has 0 bridgehead atoms. The Bertz CT molecular complexity index is 517. The maximum Gasteiger partial charge on any atom is 0.336 e. The van der Waals surface area contributed by atoms with Crippen LogP contribution in [0.15, 0.2) is 18.2 Å². The largest absolute Gasteiger partial charge is 0.478 e. The first kappa shape index (κ1) is 14.5. The molecule has 1 fully saturated rings. The van der Waals surface area contributed by atoms with Crippen molar-refractivity contribution in [2.75, 3.05) is 0 Å². The maximum atomic E-state index is 11.2. The average molecular weight is 278 g/mol. The summed E-state index contributed by atoms with van der Waals surface area (Å²) in [4.78, 5) is 22.2. The Balaban J connectivity index is 2.37. The standard InChI is InChI=1S/C15H18O5/c16-13(9-4-2-1-3-5-9)12-8-10(14(17)18)6-7-11(12)15(19)20/h6-9,13,16H,1-5H2,(H,17,18)(H,19,20). The molecule has 108 valence electrons. The summed E-state index contributed by atoms with van der Waals surface area (Å²) < 4.78 is 0. The van der Waals surface area contributed by atoms with E-state index >= 15 is 0 Å². The Morgan fingerprint density at radius 2 is 1.70 bits per heavy atom. The van der Waals surface area contributed by atoms with Gasteiger partial charge in [-0.2, -0.15) is 0 Å². The summed E-state index contributed by atoms with van der Waals surface area (Å²) in [6, 6.07) is 3.79. The Kier molecular flexibility index (Phi) is 4.39. The molecule has 0 amide bonds. The zero-order valence-corrected chi connectivity index (χ0v) is 11.1. The number of carboxylic acid groups (broad SMARTS) is 2. The van der Waals surface area contributed by atoms with Crippen molar-refractivity contribution in [2.45, 2.75) is 38.2 Å². The van der Waals surface area contributed by atoms with Gasteiger partial charge in [-0.25, -0.2) is 9.59 Å². The van der Waals surface area contributed by atoms with E-state index < -0.39 is 18.0 Å². The fourth-order valence-electron chi connectivity index (χ4n) is 2.84. The predicted molar refractivity (Wildman–Crippen MR) is 71.9 cm³/mol. The summed E-state index contributed by atoms with van der Waals surface area (Å²) in [5.41, 5.74) is 0.192. The smallest absolute Gasteiger partial charge is 0.336 e. The van der Waals surface area contributed by atoms with Gasteiger partial charge in [0.25, 0.3) is 0 Å². The molecule has 0 heterocycles. The lowest BCUT2D eigenvalue weighted by Crippen LogP contribution is -2.19. The van der Waals surface area contributed by atoms with E-state index in [0.29, 0.717) is 0 Å². The number of aliphatic hydroxyl groups excluding tert-OH is 1. The molecule has 2 rings (SSSR count). The lowest BCUT2D eigenvalue weighted by Gasteiger charge is -2.27. The third kappa shape index (κ3) is 2.99. The minimum absolute atomic E-state index is 0.000130. The molecule has 0 spiro atoms. The van der Waals surface area contributed by atoms with Crippen molar-refractivity contribution in [3.8, 4) is 0 Å². The summed E-state index contributed by atoms with van der Waals surface area (Å²) in [5.74, 6) is -2.27. The first-order valence-electron chi connectivity index (χ1n) is 6.79. The summed E-state index contributed by atoms with van der Waals surface area (Å²) in [6.07, 6.45) is 3.94. The van der Waals surface area contributed by atoms with Crippen LogP contribution >= 0.6 is 0 Å². The van der Waals surface area contributed by atoms with Gasteiger partial charge in [0, 0.05) is 0 Å². The quantitative estimate of drug-likeness (QED) is 0.787. The molecule has 0 radical (unpaired) electrons. The van der Waals surface area contributed by atoms with Crippen molar-refractivity contribution in [3.63, 3.8) is 0 Å². The van der Waals surface area contributed by atoms with Gasteiger partial charge in [0.15, 0.2) is 0 Å². The molecule has 1 aliphatic rings. The van der Waals surface area contributed by atoms with Crippen LogP contribution in [-0.2, 0) is 0 Å². The van der Waals surface area contributed by atoms with E-state index in [1.807, 2.05) is 0 Å². The van der Waals surface area contributed by atoms with Gasteiger partial charge in [0.1, 0.15) is 0 Å². The molecular weight excluding hydrogens is 260 g/mol. The molecule has 0 aliphatic heterocycles. The van der Waals surface area contributed by atoms with E-state index in [1.165, 1.54) is 18.2 Å². The topological polar surface area (TPSA) is 94.8 Å². The number of aromatic carboxylic acids is 2. The van der Waals surface area contributed by atoms with Gasteiger partial charge in [0.2, 0.25) is 0 Å². The van der Waals surface area contributed by atoms with Crippen molar-refractivity contribution < 1.29 is 24.9 Å². The minimum atomic E-state index is -1.15. The van der Waals surface area contributed by atoms with E-state index in [4.69, 9.17) is 5.11 Å². The highest BCUT2D eigenvalue weighted by Gasteiger charge is 2.27. The number of carbonyl (C=O) groups is 2. The average Bonchev–Trinajstić information content (AvgIpc) is 2.46. The van der Waals surface area contributed by atoms with Crippen molar-refractivity contribution in [1.29, 1.82) is 0 Å². The molecule has 1 atom stereocenters. The molecule has 1 unspecified atom stereocenters. The lowest BCUT2D eigenvalue weighted by atomic mass is 9.81. The highest BCUT2D eigenvalue weighted by Crippen LogP contribution is 2.36. The zero-order valence-electron chi connectivity index (χ0n) is 11.1. The highest BCUT2D eigenvalue weighted by molar-refractivity contribution is 5.93. The van der Waals surface area contributed by atoms with E-state index in [-0.39, 0.29) is 22.6 Å². The van der Waals surface area contributed by atoms with Crippen LogP contribution < -0.4 is 0 Å². The van der Waals surface area contributed by atoms with Crippen LogP contribution in [0.3, 0.4) is 0 Å². The van der Waals surface area contributed by atoms with Gasteiger partial charge in [-0.15, -0.1) is 0 Å². The van der Waals surface area contributed by atoms with Crippen LogP contribution in [0, 0.1) is 5.92 Å². The summed E-state index contributed by atoms with van der Waals surface area (Å²) in [5, 5.41) is 28.6. The molecule has 1 aromatic rings. The molecule has 1 aliphatic carbocycles. The third-order valence-electron chi connectivity index (χ3n) is 3.94. The molecule has 5 heteroatoms. The molecule has 3 N–H and O–H groups in total. The maximum absolute atomic E-state index is 11.2. The number of carboxylic acids is 2. The second-order valence-electron chi connectivity index (χ2n) is 5.26. The van der Waals surface area contributed by atoms with Gasteiger partial charge in [-0.05, 0) is 42.5 Å². The molecule has 1 aromatic carbocycles. The zero-order chi connectivity index (χ0) is 14.7. The summed E-state index contributed by atoms with van der Waals surface area (Å²) >= 11 is 0. The number of hydrogen-bond acceptors (Lipinski definition) is 3. The van der Waals surface area contributed by atoms with Crippen LogP contribution in [0.2, 0.25) is 0 Å². The van der Waals surface area contributed by atoms with Crippen LogP contribution in [0.25, 0.3) is 0 Å². The Morgan fingerprint density at radius 3 is 2.25 bits per heavy atom. The number of hydrogen-bond donors (Lipinski definition) is 3. The predicted octanol–water partition coefficient (Wildman–Crippen LogP) is 2.70. The summed E-state index contributed by atoms with van der Waals surface area (Å²) in [7, 11) is 0. The first-order chi connectivity index (χ1) is 9.50. The van der Waals surface area contributed by atoms with E-state index in [1.54, 1.807) is 0 Å². The number of rotatable bonds is 4. The summed E-state index contributed by atoms with van der Waals surface area (Å²) in [6.45, 7) is 0. The monoisotopic (exact) mass is 278 g/mol. The lowest BCUT2D eigenvalue weighted by molar-refractivity contribution is 0.0647. The van der Waals surface area contributed by atoms with Crippen LogP contribution in [0.4, 0.5) is 0 Å². The molecular formula is C15H18O5. The normalized spacial score (nSPS) is 17.6. The second kappa shape index (κ2) is 6.05. The van der Waals surface area contributed by atoms with Gasteiger partial charge in [-0.3, -0.25) is 0 Å². The Labute approximate surface area is 116 Å². The first-order valence-corrected chi connectivity index (χ1v) is 6.79. The molecule has 0 saturated heterocycles. The molecule has 1 saturated carbocycles. The minimum Gasteiger partial charge on any atom is -0.478 e. The van der Waals surface area contributed by atoms with Gasteiger partial charge in [-0.1, -0.05) is 19.3 Å². The van der Waals surface area contributed by atoms with E-state index in [9.17, 15) is 19.8 Å². The van der Waals surface area contributed by atoms with E-state index in [2.05, 4.69) is 0 Å². The van der Waals surface area contributed by atoms with Crippen molar-refractivity contribution in [1.82, 2.24) is 0 Å². The fraction of sp³-hybridized carbons (Fsp3) is 0.467. The van der Waals surface area contributed by atoms with Crippen molar-refractivity contribution in [3.05, 3.63) is 34.9 Å². The third-order valence-corrected chi connectivity index (χ3v) is 3.94. The van der Waals surface area contributed by atoms with Crippen LogP contribution in [0.1, 0.15) is 64.5 Å². The molecule has 0 aromatic heterocycles. The van der Waals surface area contributed by atoms with Gasteiger partial charge < -0.3 is 15.3 Å². The van der Waals surface area contributed by atoms with Gasteiger partial charge >= 0.3 is 11.9 Å². The second-order valence-corrected chi connectivity index (χ2v) is 5.26. The Hall–Kier alpha value is -1.88. The molecule has 20 heavy (non-hydrogen) atoms. The van der Waals surface area contributed by atoms with Crippen molar-refractivity contribution in [2.24, 2.45) is 5.92 Å². The van der Waals surface area contributed by atoms with Crippen LogP contribution in [0.5, 0.6) is 0 Å². The van der Waals surface area contributed by atoms with E-state index in [0.717, 1.165) is 32.1 Å². The van der Waals surface area contributed by atoms with Crippen molar-refractivity contribution >= 4 is 11.9 Å². The SMILES string of the molecule is O=C(O)c1ccc(C(=O)O)c(C(O)C2CCCCC2)c1. The number of aliphatic hydroxyl groups is 1. The highest BCUT2D eigenvalue weighted by atomic mass is 16.4. The van der Waals surface area contributed by atoms with Crippen LogP contribution in [-0.4, -0.2) is 27.3 Å².